The zero-order valence-electron chi connectivity index (χ0n) is 12.7. The number of halogens is 1. The smallest absolute Gasteiger partial charge is 0.148 e. The molecule has 0 unspecified atom stereocenters. The molecular formula is C15H21ClN4. The second-order valence-corrected chi connectivity index (χ2v) is 6.38. The lowest BCUT2D eigenvalue weighted by molar-refractivity contribution is 0.424. The van der Waals surface area contributed by atoms with Crippen LogP contribution in [0.3, 0.4) is 0 Å². The largest absolute Gasteiger partial charge is 0.308 e. The summed E-state index contributed by atoms with van der Waals surface area (Å²) >= 11 is 6.38. The number of para-hydroxylation sites is 1. The highest BCUT2D eigenvalue weighted by molar-refractivity contribution is 6.32. The summed E-state index contributed by atoms with van der Waals surface area (Å²) in [5.41, 5.74) is 2.07. The highest BCUT2D eigenvalue weighted by Gasteiger charge is 2.16. The Morgan fingerprint density at radius 2 is 1.95 bits per heavy atom. The van der Waals surface area contributed by atoms with Crippen molar-refractivity contribution in [3.63, 3.8) is 0 Å². The van der Waals surface area contributed by atoms with Gasteiger partial charge in [0, 0.05) is 12.1 Å². The van der Waals surface area contributed by atoms with Gasteiger partial charge in [0.1, 0.15) is 11.6 Å². The molecule has 0 aliphatic rings. The van der Waals surface area contributed by atoms with Crippen LogP contribution in [-0.4, -0.2) is 20.3 Å². The van der Waals surface area contributed by atoms with Crippen molar-refractivity contribution in [1.29, 1.82) is 0 Å². The van der Waals surface area contributed by atoms with E-state index in [-0.39, 0.29) is 5.54 Å². The van der Waals surface area contributed by atoms with Gasteiger partial charge in [-0.1, -0.05) is 23.7 Å². The molecule has 1 N–H and O–H groups in total. The molecule has 0 aliphatic carbocycles. The van der Waals surface area contributed by atoms with Crippen LogP contribution in [0, 0.1) is 13.8 Å². The van der Waals surface area contributed by atoms with Crippen molar-refractivity contribution in [3.8, 4) is 5.69 Å². The molecular weight excluding hydrogens is 272 g/mol. The maximum absolute atomic E-state index is 6.38. The Morgan fingerprint density at radius 3 is 2.50 bits per heavy atom. The van der Waals surface area contributed by atoms with Crippen molar-refractivity contribution in [1.82, 2.24) is 20.1 Å². The van der Waals surface area contributed by atoms with Gasteiger partial charge in [0.25, 0.3) is 0 Å². The SMILES string of the molecule is Cc1nc(C)n(-c2c(Cl)cccc2CNC(C)(C)C)n1. The van der Waals surface area contributed by atoms with Crippen LogP contribution < -0.4 is 5.32 Å². The van der Waals surface area contributed by atoms with Crippen LogP contribution in [0.5, 0.6) is 0 Å². The number of hydrogen-bond acceptors (Lipinski definition) is 3. The third kappa shape index (κ3) is 3.38. The molecule has 0 fully saturated rings. The third-order valence-electron chi connectivity index (χ3n) is 2.97. The minimum absolute atomic E-state index is 0.0485. The van der Waals surface area contributed by atoms with Crippen molar-refractivity contribution < 1.29 is 0 Å². The van der Waals surface area contributed by atoms with Gasteiger partial charge in [0.05, 0.1) is 10.7 Å². The molecule has 0 saturated heterocycles. The van der Waals surface area contributed by atoms with Gasteiger partial charge in [-0.05, 0) is 46.2 Å². The average molecular weight is 293 g/mol. The Hall–Kier alpha value is -1.39. The normalized spacial score (nSPS) is 11.9. The van der Waals surface area contributed by atoms with Crippen LogP contribution in [-0.2, 0) is 6.54 Å². The Labute approximate surface area is 125 Å². The van der Waals surface area contributed by atoms with Gasteiger partial charge in [0.15, 0.2) is 0 Å². The fourth-order valence-corrected chi connectivity index (χ4v) is 2.31. The Morgan fingerprint density at radius 1 is 1.25 bits per heavy atom. The molecule has 5 heteroatoms. The summed E-state index contributed by atoms with van der Waals surface area (Å²) in [6.45, 7) is 11.0. The Balaban J connectivity index is 2.44. The minimum Gasteiger partial charge on any atom is -0.308 e. The van der Waals surface area contributed by atoms with E-state index in [1.165, 1.54) is 0 Å². The van der Waals surface area contributed by atoms with Gasteiger partial charge >= 0.3 is 0 Å². The van der Waals surface area contributed by atoms with Crippen LogP contribution in [0.4, 0.5) is 0 Å². The first-order valence-electron chi connectivity index (χ1n) is 6.71. The number of aryl methyl sites for hydroxylation is 2. The van der Waals surface area contributed by atoms with E-state index in [9.17, 15) is 0 Å². The second kappa shape index (κ2) is 5.54. The van der Waals surface area contributed by atoms with Gasteiger partial charge in [-0.3, -0.25) is 0 Å². The van der Waals surface area contributed by atoms with E-state index in [1.807, 2.05) is 30.7 Å². The maximum Gasteiger partial charge on any atom is 0.148 e. The lowest BCUT2D eigenvalue weighted by atomic mass is 10.1. The van der Waals surface area contributed by atoms with Crippen LogP contribution in [0.1, 0.15) is 38.0 Å². The van der Waals surface area contributed by atoms with E-state index in [0.717, 1.165) is 29.4 Å². The number of hydrogen-bond donors (Lipinski definition) is 1. The molecule has 2 rings (SSSR count). The topological polar surface area (TPSA) is 42.7 Å². The fraction of sp³-hybridized carbons (Fsp3) is 0.467. The van der Waals surface area contributed by atoms with Crippen molar-refractivity contribution in [2.75, 3.05) is 0 Å². The van der Waals surface area contributed by atoms with Gasteiger partial charge in [-0.25, -0.2) is 9.67 Å². The van der Waals surface area contributed by atoms with Crippen molar-refractivity contribution in [2.45, 2.75) is 46.7 Å². The molecule has 1 heterocycles. The quantitative estimate of drug-likeness (QED) is 0.942. The summed E-state index contributed by atoms with van der Waals surface area (Å²) in [7, 11) is 0. The number of nitrogens with zero attached hydrogens (tertiary/aromatic N) is 3. The highest BCUT2D eigenvalue weighted by Crippen LogP contribution is 2.25. The predicted octanol–water partition coefficient (Wildman–Crippen LogP) is 3.43. The van der Waals surface area contributed by atoms with Gasteiger partial charge in [-0.15, -0.1) is 0 Å². The molecule has 0 radical (unpaired) electrons. The highest BCUT2D eigenvalue weighted by atomic mass is 35.5. The molecule has 0 bridgehead atoms. The van der Waals surface area contributed by atoms with E-state index in [0.29, 0.717) is 5.02 Å². The standard InChI is InChI=1S/C15H21ClN4/c1-10-18-11(2)20(19-10)14-12(7-6-8-13(14)16)9-17-15(3,4)5/h6-8,17H,9H2,1-5H3. The molecule has 4 nitrogen and oxygen atoms in total. The maximum atomic E-state index is 6.38. The molecule has 0 amide bonds. The number of nitrogens with one attached hydrogen (secondary N) is 1. The summed E-state index contributed by atoms with van der Waals surface area (Å²) in [4.78, 5) is 4.35. The van der Waals surface area contributed by atoms with E-state index in [1.54, 1.807) is 0 Å². The summed E-state index contributed by atoms with van der Waals surface area (Å²) in [6, 6.07) is 5.91. The monoisotopic (exact) mass is 292 g/mol. The summed E-state index contributed by atoms with van der Waals surface area (Å²) in [5.74, 6) is 1.59. The number of rotatable bonds is 3. The van der Waals surface area contributed by atoms with Gasteiger partial charge in [0.2, 0.25) is 0 Å². The van der Waals surface area contributed by atoms with Gasteiger partial charge < -0.3 is 5.32 Å². The molecule has 2 aromatic rings. The van der Waals surface area contributed by atoms with Crippen LogP contribution in [0.25, 0.3) is 5.69 Å². The fourth-order valence-electron chi connectivity index (χ4n) is 2.03. The lowest BCUT2D eigenvalue weighted by Crippen LogP contribution is -2.35. The summed E-state index contributed by atoms with van der Waals surface area (Å²) < 4.78 is 1.82. The number of aromatic nitrogens is 3. The predicted molar refractivity (Wildman–Crippen MR) is 82.4 cm³/mol. The van der Waals surface area contributed by atoms with Crippen molar-refractivity contribution >= 4 is 11.6 Å². The molecule has 0 saturated carbocycles. The summed E-state index contributed by atoms with van der Waals surface area (Å²) in [5, 5.41) is 8.61. The molecule has 0 spiro atoms. The first-order valence-corrected chi connectivity index (χ1v) is 7.09. The van der Waals surface area contributed by atoms with E-state index in [4.69, 9.17) is 11.6 Å². The van der Waals surface area contributed by atoms with E-state index < -0.39 is 0 Å². The van der Waals surface area contributed by atoms with Gasteiger partial charge in [-0.2, -0.15) is 5.10 Å². The first-order chi connectivity index (χ1) is 9.28. The average Bonchev–Trinajstić information content (AvgIpc) is 2.64. The molecule has 0 atom stereocenters. The summed E-state index contributed by atoms with van der Waals surface area (Å²) in [6.07, 6.45) is 0. The van der Waals surface area contributed by atoms with Crippen molar-refractivity contribution in [3.05, 3.63) is 40.4 Å². The van der Waals surface area contributed by atoms with Crippen LogP contribution in [0.15, 0.2) is 18.2 Å². The minimum atomic E-state index is 0.0485. The van der Waals surface area contributed by atoms with E-state index >= 15 is 0 Å². The molecule has 0 aliphatic heterocycles. The van der Waals surface area contributed by atoms with Crippen LogP contribution >= 0.6 is 11.6 Å². The molecule has 1 aromatic heterocycles. The van der Waals surface area contributed by atoms with E-state index in [2.05, 4.69) is 42.2 Å². The first kappa shape index (κ1) is 15.0. The third-order valence-corrected chi connectivity index (χ3v) is 3.27. The van der Waals surface area contributed by atoms with Crippen LogP contribution in [0.2, 0.25) is 5.02 Å². The Kier molecular flexibility index (Phi) is 4.16. The zero-order chi connectivity index (χ0) is 14.9. The molecule has 108 valence electrons. The molecule has 20 heavy (non-hydrogen) atoms. The molecule has 1 aromatic carbocycles. The second-order valence-electron chi connectivity index (χ2n) is 5.97. The zero-order valence-corrected chi connectivity index (χ0v) is 13.4. The van der Waals surface area contributed by atoms with Crippen molar-refractivity contribution in [2.24, 2.45) is 0 Å². The Bertz CT molecular complexity index is 611. The lowest BCUT2D eigenvalue weighted by Gasteiger charge is -2.22. The number of benzene rings is 1.